The van der Waals surface area contributed by atoms with Crippen LogP contribution in [0.15, 0.2) is 23.1 Å². The molecule has 3 rings (SSSR count). The average molecular weight is 361 g/mol. The summed E-state index contributed by atoms with van der Waals surface area (Å²) in [5, 5.41) is 1.91. The SMILES string of the molecule is COc1cc(/C=C2/SC(=O)NC2=O)ccc1OCC1(C)CCCCC1. The fourth-order valence-corrected chi connectivity index (χ4v) is 3.95. The van der Waals surface area contributed by atoms with Crippen LogP contribution >= 0.6 is 11.8 Å². The predicted molar refractivity (Wildman–Crippen MR) is 98.8 cm³/mol. The lowest BCUT2D eigenvalue weighted by molar-refractivity contribution is -0.115. The van der Waals surface area contributed by atoms with Gasteiger partial charge in [-0.2, -0.15) is 0 Å². The molecular formula is C19H23NO4S. The van der Waals surface area contributed by atoms with Gasteiger partial charge in [0.1, 0.15) is 0 Å². The van der Waals surface area contributed by atoms with E-state index in [0.717, 1.165) is 17.3 Å². The first-order valence-electron chi connectivity index (χ1n) is 8.55. The number of hydrogen-bond donors (Lipinski definition) is 1. The van der Waals surface area contributed by atoms with E-state index in [2.05, 4.69) is 12.2 Å². The van der Waals surface area contributed by atoms with E-state index in [1.54, 1.807) is 13.2 Å². The maximum Gasteiger partial charge on any atom is 0.290 e. The Labute approximate surface area is 152 Å². The number of thioether (sulfide) groups is 1. The number of carbonyl (C=O) groups excluding carboxylic acids is 2. The van der Waals surface area contributed by atoms with E-state index < -0.39 is 0 Å². The van der Waals surface area contributed by atoms with Crippen LogP contribution < -0.4 is 14.8 Å². The van der Waals surface area contributed by atoms with Gasteiger partial charge in [-0.05, 0) is 48.4 Å². The van der Waals surface area contributed by atoms with E-state index in [0.29, 0.717) is 23.0 Å². The van der Waals surface area contributed by atoms with Crippen LogP contribution in [0.4, 0.5) is 4.79 Å². The minimum absolute atomic E-state index is 0.225. The lowest BCUT2D eigenvalue weighted by Crippen LogP contribution is -2.27. The highest BCUT2D eigenvalue weighted by Crippen LogP contribution is 2.38. The molecule has 5 nitrogen and oxygen atoms in total. The molecular weight excluding hydrogens is 338 g/mol. The van der Waals surface area contributed by atoms with Gasteiger partial charge in [0.05, 0.1) is 18.6 Å². The number of amides is 2. The highest BCUT2D eigenvalue weighted by Gasteiger charge is 2.28. The van der Waals surface area contributed by atoms with E-state index in [-0.39, 0.29) is 16.6 Å². The third kappa shape index (κ3) is 4.37. The first-order chi connectivity index (χ1) is 12.0. The minimum Gasteiger partial charge on any atom is -0.493 e. The molecule has 1 aliphatic carbocycles. The molecule has 0 unspecified atom stereocenters. The molecule has 0 radical (unpaired) electrons. The number of rotatable bonds is 5. The lowest BCUT2D eigenvalue weighted by atomic mass is 9.76. The summed E-state index contributed by atoms with van der Waals surface area (Å²) in [5.74, 6) is 0.971. The molecule has 1 saturated carbocycles. The number of carbonyl (C=O) groups is 2. The maximum absolute atomic E-state index is 11.6. The van der Waals surface area contributed by atoms with Crippen molar-refractivity contribution < 1.29 is 19.1 Å². The molecule has 25 heavy (non-hydrogen) atoms. The van der Waals surface area contributed by atoms with Crippen molar-refractivity contribution >= 4 is 29.0 Å². The van der Waals surface area contributed by atoms with E-state index in [1.165, 1.54) is 32.1 Å². The van der Waals surface area contributed by atoms with Crippen LogP contribution in [-0.2, 0) is 4.79 Å². The molecule has 1 aromatic rings. The summed E-state index contributed by atoms with van der Waals surface area (Å²) in [5.41, 5.74) is 1.02. The molecule has 0 atom stereocenters. The molecule has 1 saturated heterocycles. The summed E-state index contributed by atoms with van der Waals surface area (Å²) in [6, 6.07) is 5.55. The molecule has 0 aromatic heterocycles. The molecule has 2 aliphatic rings. The minimum atomic E-state index is -0.362. The van der Waals surface area contributed by atoms with Gasteiger partial charge in [-0.15, -0.1) is 0 Å². The van der Waals surface area contributed by atoms with Crippen molar-refractivity contribution in [3.8, 4) is 11.5 Å². The largest absolute Gasteiger partial charge is 0.493 e. The zero-order valence-corrected chi connectivity index (χ0v) is 15.4. The van der Waals surface area contributed by atoms with Crippen LogP contribution in [0, 0.1) is 5.41 Å². The standard InChI is InChI=1S/C19H23NO4S/c1-19(8-4-3-5-9-19)12-24-14-7-6-13(10-15(14)23-2)11-16-17(21)20-18(22)25-16/h6-7,10-11H,3-5,8-9,12H2,1-2H3,(H,20,21,22)/b16-11+. The molecule has 1 aliphatic heterocycles. The molecule has 0 bridgehead atoms. The predicted octanol–water partition coefficient (Wildman–Crippen LogP) is 4.37. The van der Waals surface area contributed by atoms with Crippen molar-refractivity contribution in [2.45, 2.75) is 39.0 Å². The van der Waals surface area contributed by atoms with Gasteiger partial charge in [-0.1, -0.05) is 32.3 Å². The monoisotopic (exact) mass is 361 g/mol. The summed E-state index contributed by atoms with van der Waals surface area (Å²) in [6.07, 6.45) is 7.92. The Bertz CT molecular complexity index is 707. The van der Waals surface area contributed by atoms with Crippen molar-refractivity contribution in [2.24, 2.45) is 5.41 Å². The number of hydrogen-bond acceptors (Lipinski definition) is 5. The second-order valence-electron chi connectivity index (χ2n) is 6.92. The number of methoxy groups -OCH3 is 1. The van der Waals surface area contributed by atoms with Crippen molar-refractivity contribution in [3.63, 3.8) is 0 Å². The molecule has 1 N–H and O–H groups in total. The average Bonchev–Trinajstić information content (AvgIpc) is 2.91. The normalized spacial score (nSPS) is 21.3. The van der Waals surface area contributed by atoms with Crippen LogP contribution in [0.3, 0.4) is 0 Å². The number of nitrogens with one attached hydrogen (secondary N) is 1. The van der Waals surface area contributed by atoms with Gasteiger partial charge in [0.25, 0.3) is 11.1 Å². The lowest BCUT2D eigenvalue weighted by Gasteiger charge is -2.33. The van der Waals surface area contributed by atoms with Crippen LogP contribution in [0.1, 0.15) is 44.6 Å². The smallest absolute Gasteiger partial charge is 0.290 e. The zero-order valence-electron chi connectivity index (χ0n) is 14.6. The Morgan fingerprint density at radius 1 is 1.20 bits per heavy atom. The van der Waals surface area contributed by atoms with Crippen molar-refractivity contribution in [1.82, 2.24) is 5.32 Å². The Hall–Kier alpha value is -1.95. The molecule has 1 heterocycles. The zero-order chi connectivity index (χ0) is 17.9. The van der Waals surface area contributed by atoms with Crippen LogP contribution in [0.2, 0.25) is 0 Å². The molecule has 0 spiro atoms. The molecule has 2 fully saturated rings. The van der Waals surface area contributed by atoms with Gasteiger partial charge >= 0.3 is 0 Å². The van der Waals surface area contributed by atoms with Crippen LogP contribution in [0.5, 0.6) is 11.5 Å². The van der Waals surface area contributed by atoms with Crippen molar-refractivity contribution in [1.29, 1.82) is 0 Å². The molecule has 134 valence electrons. The van der Waals surface area contributed by atoms with Crippen LogP contribution in [0.25, 0.3) is 6.08 Å². The Kier molecular flexibility index (Phi) is 5.37. The van der Waals surface area contributed by atoms with E-state index >= 15 is 0 Å². The second kappa shape index (κ2) is 7.52. The van der Waals surface area contributed by atoms with Gasteiger partial charge in [0, 0.05) is 5.41 Å². The number of ether oxygens (including phenoxy) is 2. The highest BCUT2D eigenvalue weighted by molar-refractivity contribution is 8.18. The third-order valence-corrected chi connectivity index (χ3v) is 5.57. The Morgan fingerprint density at radius 3 is 2.60 bits per heavy atom. The fraction of sp³-hybridized carbons (Fsp3) is 0.474. The molecule has 2 amide bonds. The summed E-state index contributed by atoms with van der Waals surface area (Å²) in [4.78, 5) is 23.3. The van der Waals surface area contributed by atoms with Gasteiger partial charge < -0.3 is 9.47 Å². The fourth-order valence-electron chi connectivity index (χ4n) is 3.27. The first-order valence-corrected chi connectivity index (χ1v) is 9.36. The maximum atomic E-state index is 11.6. The number of benzene rings is 1. The van der Waals surface area contributed by atoms with E-state index in [1.807, 2.05) is 18.2 Å². The van der Waals surface area contributed by atoms with E-state index in [9.17, 15) is 9.59 Å². The van der Waals surface area contributed by atoms with Crippen LogP contribution in [-0.4, -0.2) is 24.9 Å². The third-order valence-electron chi connectivity index (χ3n) is 4.76. The van der Waals surface area contributed by atoms with Crippen molar-refractivity contribution in [2.75, 3.05) is 13.7 Å². The van der Waals surface area contributed by atoms with Gasteiger partial charge in [0.2, 0.25) is 0 Å². The molecule has 1 aromatic carbocycles. The summed E-state index contributed by atoms with van der Waals surface area (Å²) in [6.45, 7) is 2.96. The second-order valence-corrected chi connectivity index (χ2v) is 7.94. The summed E-state index contributed by atoms with van der Waals surface area (Å²) >= 11 is 0.904. The Morgan fingerprint density at radius 2 is 1.96 bits per heavy atom. The van der Waals surface area contributed by atoms with Crippen molar-refractivity contribution in [3.05, 3.63) is 28.7 Å². The topological polar surface area (TPSA) is 64.6 Å². The molecule has 6 heteroatoms. The Balaban J connectivity index is 1.72. The first kappa shape index (κ1) is 17.9. The highest BCUT2D eigenvalue weighted by atomic mass is 32.2. The van der Waals surface area contributed by atoms with Gasteiger partial charge in [0.15, 0.2) is 11.5 Å². The van der Waals surface area contributed by atoms with Gasteiger partial charge in [-0.3, -0.25) is 14.9 Å². The van der Waals surface area contributed by atoms with E-state index in [4.69, 9.17) is 9.47 Å². The van der Waals surface area contributed by atoms with Gasteiger partial charge in [-0.25, -0.2) is 0 Å². The summed E-state index contributed by atoms with van der Waals surface area (Å²) < 4.78 is 11.5. The number of imide groups is 1. The summed E-state index contributed by atoms with van der Waals surface area (Å²) in [7, 11) is 1.60. The quantitative estimate of drug-likeness (QED) is 0.789.